The Morgan fingerprint density at radius 1 is 1.08 bits per heavy atom. The van der Waals surface area contributed by atoms with Crippen molar-refractivity contribution in [3.05, 3.63) is 71.0 Å². The highest BCUT2D eigenvalue weighted by atomic mass is 19.1. The van der Waals surface area contributed by atoms with Crippen LogP contribution in [0.3, 0.4) is 0 Å². The quantitative estimate of drug-likeness (QED) is 0.779. The minimum Gasteiger partial charge on any atom is -0.337 e. The van der Waals surface area contributed by atoms with Crippen molar-refractivity contribution in [1.29, 1.82) is 5.26 Å². The van der Waals surface area contributed by atoms with Crippen molar-refractivity contribution in [2.24, 2.45) is 0 Å². The zero-order valence-electron chi connectivity index (χ0n) is 14.6. The summed E-state index contributed by atoms with van der Waals surface area (Å²) in [5.74, 6) is -0.329. The Hall–Kier alpha value is -2.71. The van der Waals surface area contributed by atoms with Crippen LogP contribution in [0.1, 0.15) is 16.7 Å². The SMILES string of the molecule is CN(C)CCN(Cc1cccc(C#N)c1)C(=O)Cc1ccc(F)cc1. The highest BCUT2D eigenvalue weighted by molar-refractivity contribution is 5.78. The first-order chi connectivity index (χ1) is 12.0. The molecule has 0 atom stereocenters. The highest BCUT2D eigenvalue weighted by Crippen LogP contribution is 2.11. The average molecular weight is 339 g/mol. The van der Waals surface area contributed by atoms with Gasteiger partial charge in [-0.15, -0.1) is 0 Å². The maximum atomic E-state index is 13.0. The fourth-order valence-corrected chi connectivity index (χ4v) is 2.46. The van der Waals surface area contributed by atoms with Crippen molar-refractivity contribution in [2.75, 3.05) is 27.2 Å². The lowest BCUT2D eigenvalue weighted by Gasteiger charge is -2.25. The highest BCUT2D eigenvalue weighted by Gasteiger charge is 2.15. The number of hydrogen-bond acceptors (Lipinski definition) is 3. The molecule has 2 aromatic rings. The molecule has 0 aliphatic carbocycles. The molecule has 0 bridgehead atoms. The Morgan fingerprint density at radius 2 is 1.80 bits per heavy atom. The largest absolute Gasteiger partial charge is 0.337 e. The monoisotopic (exact) mass is 339 g/mol. The number of nitriles is 1. The minimum atomic E-state index is -0.311. The van der Waals surface area contributed by atoms with E-state index in [4.69, 9.17) is 5.26 Å². The molecular formula is C20H22FN3O. The lowest BCUT2D eigenvalue weighted by atomic mass is 10.1. The molecule has 0 N–H and O–H groups in total. The first kappa shape index (κ1) is 18.6. The third-order valence-electron chi connectivity index (χ3n) is 3.87. The zero-order chi connectivity index (χ0) is 18.2. The second kappa shape index (κ2) is 8.95. The van der Waals surface area contributed by atoms with Gasteiger partial charge in [0.2, 0.25) is 5.91 Å². The van der Waals surface area contributed by atoms with Crippen LogP contribution in [0.5, 0.6) is 0 Å². The number of halogens is 1. The van der Waals surface area contributed by atoms with Crippen molar-refractivity contribution >= 4 is 5.91 Å². The molecule has 0 fully saturated rings. The summed E-state index contributed by atoms with van der Waals surface area (Å²) < 4.78 is 13.0. The van der Waals surface area contributed by atoms with E-state index in [-0.39, 0.29) is 18.1 Å². The van der Waals surface area contributed by atoms with E-state index < -0.39 is 0 Å². The first-order valence-corrected chi connectivity index (χ1v) is 8.14. The summed E-state index contributed by atoms with van der Waals surface area (Å²) in [6, 6.07) is 15.4. The first-order valence-electron chi connectivity index (χ1n) is 8.14. The van der Waals surface area contributed by atoms with Gasteiger partial charge in [-0.1, -0.05) is 24.3 Å². The molecular weight excluding hydrogens is 317 g/mol. The van der Waals surface area contributed by atoms with Gasteiger partial charge in [0.1, 0.15) is 5.82 Å². The van der Waals surface area contributed by atoms with E-state index in [0.717, 1.165) is 17.7 Å². The van der Waals surface area contributed by atoms with E-state index in [1.54, 1.807) is 29.2 Å². The van der Waals surface area contributed by atoms with Crippen LogP contribution in [-0.2, 0) is 17.8 Å². The minimum absolute atomic E-state index is 0.0178. The van der Waals surface area contributed by atoms with E-state index in [0.29, 0.717) is 18.7 Å². The molecule has 0 heterocycles. The van der Waals surface area contributed by atoms with Gasteiger partial charge < -0.3 is 9.80 Å². The Labute approximate surface area is 148 Å². The van der Waals surface area contributed by atoms with Gasteiger partial charge in [-0.05, 0) is 49.5 Å². The fourth-order valence-electron chi connectivity index (χ4n) is 2.46. The Bertz CT molecular complexity index is 750. The molecule has 0 spiro atoms. The predicted molar refractivity (Wildman–Crippen MR) is 95.2 cm³/mol. The van der Waals surface area contributed by atoms with Gasteiger partial charge in [0.15, 0.2) is 0 Å². The molecule has 5 heteroatoms. The number of rotatable bonds is 7. The summed E-state index contributed by atoms with van der Waals surface area (Å²) in [5.41, 5.74) is 2.29. The summed E-state index contributed by atoms with van der Waals surface area (Å²) in [6.45, 7) is 1.78. The summed E-state index contributed by atoms with van der Waals surface area (Å²) >= 11 is 0. The number of carbonyl (C=O) groups excluding carboxylic acids is 1. The van der Waals surface area contributed by atoms with Crippen LogP contribution in [0.4, 0.5) is 4.39 Å². The van der Waals surface area contributed by atoms with Crippen LogP contribution in [0.25, 0.3) is 0 Å². The van der Waals surface area contributed by atoms with Crippen molar-refractivity contribution < 1.29 is 9.18 Å². The molecule has 0 aromatic heterocycles. The summed E-state index contributed by atoms with van der Waals surface area (Å²) in [7, 11) is 3.91. The normalized spacial score (nSPS) is 10.5. The number of benzene rings is 2. The van der Waals surface area contributed by atoms with Crippen LogP contribution < -0.4 is 0 Å². The van der Waals surface area contributed by atoms with Crippen molar-refractivity contribution in [1.82, 2.24) is 9.80 Å². The average Bonchev–Trinajstić information content (AvgIpc) is 2.60. The van der Waals surface area contributed by atoms with E-state index in [2.05, 4.69) is 6.07 Å². The Balaban J connectivity index is 2.11. The molecule has 0 saturated carbocycles. The molecule has 2 aromatic carbocycles. The third-order valence-corrected chi connectivity index (χ3v) is 3.87. The van der Waals surface area contributed by atoms with Gasteiger partial charge in [0.05, 0.1) is 18.1 Å². The van der Waals surface area contributed by atoms with E-state index >= 15 is 0 Å². The molecule has 2 rings (SSSR count). The number of amides is 1. The van der Waals surface area contributed by atoms with E-state index in [1.807, 2.05) is 31.1 Å². The lowest BCUT2D eigenvalue weighted by molar-refractivity contribution is -0.131. The van der Waals surface area contributed by atoms with Gasteiger partial charge in [-0.2, -0.15) is 5.26 Å². The molecule has 0 aliphatic heterocycles. The maximum absolute atomic E-state index is 13.0. The number of nitrogens with zero attached hydrogens (tertiary/aromatic N) is 3. The molecule has 0 saturated heterocycles. The predicted octanol–water partition coefficient (Wildman–Crippen LogP) is 2.83. The zero-order valence-corrected chi connectivity index (χ0v) is 14.6. The molecule has 25 heavy (non-hydrogen) atoms. The Morgan fingerprint density at radius 3 is 2.44 bits per heavy atom. The van der Waals surface area contributed by atoms with E-state index in [9.17, 15) is 9.18 Å². The maximum Gasteiger partial charge on any atom is 0.227 e. The van der Waals surface area contributed by atoms with Crippen LogP contribution in [0, 0.1) is 17.1 Å². The number of likely N-dealkylation sites (N-methyl/N-ethyl adjacent to an activating group) is 1. The Kier molecular flexibility index (Phi) is 6.67. The molecule has 0 aliphatic rings. The topological polar surface area (TPSA) is 47.3 Å². The van der Waals surface area contributed by atoms with Crippen molar-refractivity contribution in [2.45, 2.75) is 13.0 Å². The lowest BCUT2D eigenvalue weighted by Crippen LogP contribution is -2.37. The molecule has 0 unspecified atom stereocenters. The van der Waals surface area contributed by atoms with Gasteiger partial charge in [-0.3, -0.25) is 4.79 Å². The van der Waals surface area contributed by atoms with Crippen LogP contribution >= 0.6 is 0 Å². The number of hydrogen-bond donors (Lipinski definition) is 0. The molecule has 0 radical (unpaired) electrons. The van der Waals surface area contributed by atoms with Crippen molar-refractivity contribution in [3.63, 3.8) is 0 Å². The van der Waals surface area contributed by atoms with Crippen LogP contribution in [-0.4, -0.2) is 42.9 Å². The smallest absolute Gasteiger partial charge is 0.227 e. The van der Waals surface area contributed by atoms with Crippen molar-refractivity contribution in [3.8, 4) is 6.07 Å². The van der Waals surface area contributed by atoms with Gasteiger partial charge in [0.25, 0.3) is 0 Å². The summed E-state index contributed by atoms with van der Waals surface area (Å²) in [5, 5.41) is 9.03. The van der Waals surface area contributed by atoms with E-state index in [1.165, 1.54) is 12.1 Å². The van der Waals surface area contributed by atoms with Gasteiger partial charge in [-0.25, -0.2) is 4.39 Å². The number of carbonyl (C=O) groups is 1. The van der Waals surface area contributed by atoms with Crippen LogP contribution in [0.2, 0.25) is 0 Å². The summed E-state index contributed by atoms with van der Waals surface area (Å²) in [4.78, 5) is 16.5. The molecule has 130 valence electrons. The summed E-state index contributed by atoms with van der Waals surface area (Å²) in [6.07, 6.45) is 0.228. The van der Waals surface area contributed by atoms with Gasteiger partial charge in [0, 0.05) is 19.6 Å². The van der Waals surface area contributed by atoms with Crippen LogP contribution in [0.15, 0.2) is 48.5 Å². The standard InChI is InChI=1S/C20H22FN3O/c1-23(2)10-11-24(15-18-5-3-4-17(12-18)14-22)20(25)13-16-6-8-19(21)9-7-16/h3-9,12H,10-11,13,15H2,1-2H3. The van der Waals surface area contributed by atoms with Gasteiger partial charge >= 0.3 is 0 Å². The third kappa shape index (κ3) is 6.02. The fraction of sp³-hybridized carbons (Fsp3) is 0.300. The molecule has 1 amide bonds. The molecule has 4 nitrogen and oxygen atoms in total. The second-order valence-electron chi connectivity index (χ2n) is 6.23. The second-order valence-corrected chi connectivity index (χ2v) is 6.23.